The molecule has 4 heterocycles. The number of benzene rings is 2. The van der Waals surface area contributed by atoms with E-state index in [9.17, 15) is 4.79 Å². The number of allylic oxidation sites excluding steroid dienone is 1. The van der Waals surface area contributed by atoms with E-state index in [0.717, 1.165) is 33.4 Å². The summed E-state index contributed by atoms with van der Waals surface area (Å²) in [7, 11) is 1.93. The number of nitrogens with zero attached hydrogens (tertiary/aromatic N) is 6. The monoisotopic (exact) mass is 527 g/mol. The van der Waals surface area contributed by atoms with Gasteiger partial charge >= 0.3 is 0 Å². The summed E-state index contributed by atoms with van der Waals surface area (Å²) in [6, 6.07) is 18.9. The third kappa shape index (κ3) is 4.69. The highest BCUT2D eigenvalue weighted by molar-refractivity contribution is 6.04. The molecule has 0 aliphatic rings. The quantitative estimate of drug-likeness (QED) is 0.225. The first-order valence-electron chi connectivity index (χ1n) is 12.5. The number of aromatic nitrogens is 6. The molecule has 40 heavy (non-hydrogen) atoms. The Balaban J connectivity index is 1.35. The fourth-order valence-electron chi connectivity index (χ4n) is 4.52. The van der Waals surface area contributed by atoms with Gasteiger partial charge in [0.1, 0.15) is 11.2 Å². The Morgan fingerprint density at radius 2 is 1.93 bits per heavy atom. The van der Waals surface area contributed by atoms with Gasteiger partial charge in [-0.3, -0.25) is 19.9 Å². The zero-order valence-corrected chi connectivity index (χ0v) is 21.9. The van der Waals surface area contributed by atoms with Crippen LogP contribution in [0.1, 0.15) is 17.3 Å². The first-order chi connectivity index (χ1) is 19.5. The minimum Gasteiger partial charge on any atom is -0.347 e. The Hall–Kier alpha value is -5.64. The molecule has 0 spiro atoms. The molecule has 0 atom stereocenters. The Morgan fingerprint density at radius 1 is 1.07 bits per heavy atom. The van der Waals surface area contributed by atoms with E-state index in [1.807, 2.05) is 73.6 Å². The number of carbonyl (C=O) groups is 1. The number of nitrogens with one attached hydrogen (secondary N) is 3. The predicted molar refractivity (Wildman–Crippen MR) is 158 cm³/mol. The van der Waals surface area contributed by atoms with Gasteiger partial charge in [0, 0.05) is 42.2 Å². The average molecular weight is 528 g/mol. The molecule has 10 nitrogen and oxygen atoms in total. The molecule has 6 aromatic rings. The highest BCUT2D eigenvalue weighted by Gasteiger charge is 2.17. The third-order valence-corrected chi connectivity index (χ3v) is 6.53. The molecule has 1 amide bonds. The number of amides is 1. The molecule has 0 saturated heterocycles. The number of rotatable bonds is 7. The number of aromatic amines is 2. The molecule has 0 unspecified atom stereocenters. The zero-order valence-electron chi connectivity index (χ0n) is 21.9. The number of hydrogen-bond acceptors (Lipinski definition) is 7. The molecule has 0 fully saturated rings. The SMILES string of the molecule is C=N/C(C)=C\N(C)c1ccnc2[nH]c(-c3n[nH]c4ccc(-c5cncc(NC(=O)c6ccccc6)c5)cc34)nc12. The van der Waals surface area contributed by atoms with Crippen LogP contribution in [-0.2, 0) is 0 Å². The molecule has 2 aromatic carbocycles. The van der Waals surface area contributed by atoms with Crippen LogP contribution in [0.5, 0.6) is 0 Å². The number of carbonyl (C=O) groups excluding carboxylic acids is 1. The Morgan fingerprint density at radius 3 is 2.75 bits per heavy atom. The highest BCUT2D eigenvalue weighted by Crippen LogP contribution is 2.32. The number of hydrogen-bond donors (Lipinski definition) is 3. The van der Waals surface area contributed by atoms with Gasteiger partial charge in [-0.05, 0) is 55.6 Å². The van der Waals surface area contributed by atoms with Gasteiger partial charge in [-0.15, -0.1) is 0 Å². The molecule has 6 rings (SSSR count). The predicted octanol–water partition coefficient (Wildman–Crippen LogP) is 5.81. The summed E-state index contributed by atoms with van der Waals surface area (Å²) in [5.41, 5.74) is 7.51. The van der Waals surface area contributed by atoms with Crippen LogP contribution in [0.25, 0.3) is 44.7 Å². The van der Waals surface area contributed by atoms with Crippen LogP contribution in [0.15, 0.2) is 96.1 Å². The normalized spacial score (nSPS) is 11.6. The first-order valence-corrected chi connectivity index (χ1v) is 12.5. The number of H-pyrrole nitrogens is 2. The fraction of sp³-hybridized carbons (Fsp3) is 0.0667. The van der Waals surface area contributed by atoms with Crippen LogP contribution >= 0.6 is 0 Å². The smallest absolute Gasteiger partial charge is 0.255 e. The van der Waals surface area contributed by atoms with Crippen molar-refractivity contribution in [2.75, 3.05) is 17.3 Å². The Kier molecular flexibility index (Phi) is 6.33. The number of aliphatic imine (C=N–C) groups is 1. The molecule has 3 N–H and O–H groups in total. The number of imidazole rings is 1. The van der Waals surface area contributed by atoms with Crippen LogP contribution in [0.4, 0.5) is 11.4 Å². The van der Waals surface area contributed by atoms with Crippen molar-refractivity contribution in [1.29, 1.82) is 0 Å². The van der Waals surface area contributed by atoms with Gasteiger partial charge < -0.3 is 15.2 Å². The third-order valence-electron chi connectivity index (χ3n) is 6.53. The van der Waals surface area contributed by atoms with Crippen molar-refractivity contribution in [2.24, 2.45) is 4.99 Å². The summed E-state index contributed by atoms with van der Waals surface area (Å²) < 4.78 is 0. The van der Waals surface area contributed by atoms with Gasteiger partial charge in [0.2, 0.25) is 0 Å². The largest absolute Gasteiger partial charge is 0.347 e. The number of fused-ring (bicyclic) bond motifs is 2. The first kappa shape index (κ1) is 24.7. The van der Waals surface area contributed by atoms with Gasteiger partial charge in [0.05, 0.1) is 28.8 Å². The standard InChI is InChI=1S/C30H25N9O/c1-18(31-2)17-39(3)25-11-12-33-28-27(25)35-29(36-28)26-23-14-20(9-10-24(23)37-38-26)21-13-22(16-32-15-21)34-30(40)19-7-5-4-6-8-19/h4-17H,2H2,1,3H3,(H,34,40)(H,37,38)(H,33,35,36)/b18-17-. The lowest BCUT2D eigenvalue weighted by Crippen LogP contribution is -2.11. The second-order valence-corrected chi connectivity index (χ2v) is 9.27. The van der Waals surface area contributed by atoms with Crippen molar-refractivity contribution in [3.63, 3.8) is 0 Å². The summed E-state index contributed by atoms with van der Waals surface area (Å²) in [6.07, 6.45) is 7.01. The Bertz CT molecular complexity index is 1900. The summed E-state index contributed by atoms with van der Waals surface area (Å²) >= 11 is 0. The van der Waals surface area contributed by atoms with Crippen LogP contribution < -0.4 is 10.2 Å². The minimum absolute atomic E-state index is 0.193. The van der Waals surface area contributed by atoms with E-state index in [1.165, 1.54) is 0 Å². The van der Waals surface area contributed by atoms with Gasteiger partial charge in [-0.1, -0.05) is 24.3 Å². The molecular formula is C30H25N9O. The zero-order chi connectivity index (χ0) is 27.6. The number of anilines is 2. The molecule has 4 aromatic heterocycles. The molecule has 0 aliphatic carbocycles. The summed E-state index contributed by atoms with van der Waals surface area (Å²) in [5.74, 6) is 0.401. The van der Waals surface area contributed by atoms with E-state index < -0.39 is 0 Å². The van der Waals surface area contributed by atoms with E-state index in [1.54, 1.807) is 30.7 Å². The molecule has 0 bridgehead atoms. The topological polar surface area (TPSA) is 128 Å². The lowest BCUT2D eigenvalue weighted by Gasteiger charge is -2.14. The van der Waals surface area contributed by atoms with Crippen molar-refractivity contribution in [1.82, 2.24) is 30.1 Å². The molecular weight excluding hydrogens is 502 g/mol. The second kappa shape index (κ2) is 10.3. The van der Waals surface area contributed by atoms with E-state index >= 15 is 0 Å². The van der Waals surface area contributed by atoms with Crippen molar-refractivity contribution in [3.8, 4) is 22.6 Å². The van der Waals surface area contributed by atoms with E-state index in [4.69, 9.17) is 4.98 Å². The minimum atomic E-state index is -0.193. The molecule has 196 valence electrons. The lowest BCUT2D eigenvalue weighted by molar-refractivity contribution is 0.102. The highest BCUT2D eigenvalue weighted by atomic mass is 16.1. The van der Waals surface area contributed by atoms with Crippen molar-refractivity contribution < 1.29 is 4.79 Å². The van der Waals surface area contributed by atoms with Crippen molar-refractivity contribution in [3.05, 3.63) is 96.7 Å². The summed E-state index contributed by atoms with van der Waals surface area (Å²) in [4.78, 5) is 35.5. The molecule has 0 radical (unpaired) electrons. The summed E-state index contributed by atoms with van der Waals surface area (Å²) in [6.45, 7) is 5.46. The average Bonchev–Trinajstić information content (AvgIpc) is 3.61. The van der Waals surface area contributed by atoms with Crippen molar-refractivity contribution >= 4 is 46.1 Å². The number of pyridine rings is 2. The van der Waals surface area contributed by atoms with Crippen LogP contribution in [-0.4, -0.2) is 49.8 Å². The van der Waals surface area contributed by atoms with Crippen LogP contribution in [0.2, 0.25) is 0 Å². The maximum Gasteiger partial charge on any atom is 0.255 e. The Labute approximate surface area is 229 Å². The maximum absolute atomic E-state index is 12.6. The van der Waals surface area contributed by atoms with Crippen LogP contribution in [0.3, 0.4) is 0 Å². The van der Waals surface area contributed by atoms with Gasteiger partial charge in [0.25, 0.3) is 5.91 Å². The van der Waals surface area contributed by atoms with Gasteiger partial charge in [0.15, 0.2) is 11.5 Å². The van der Waals surface area contributed by atoms with E-state index in [0.29, 0.717) is 33.9 Å². The second-order valence-electron chi connectivity index (χ2n) is 9.27. The van der Waals surface area contributed by atoms with Gasteiger partial charge in [-0.2, -0.15) is 5.10 Å². The molecule has 10 heteroatoms. The van der Waals surface area contributed by atoms with Crippen molar-refractivity contribution in [2.45, 2.75) is 6.92 Å². The lowest BCUT2D eigenvalue weighted by atomic mass is 10.0. The van der Waals surface area contributed by atoms with E-state index in [2.05, 4.69) is 42.2 Å². The van der Waals surface area contributed by atoms with Crippen LogP contribution in [0, 0.1) is 0 Å². The fourth-order valence-corrected chi connectivity index (χ4v) is 4.52. The molecule has 0 aliphatic heterocycles. The summed E-state index contributed by atoms with van der Waals surface area (Å²) in [5, 5.41) is 11.5. The van der Waals surface area contributed by atoms with Gasteiger partial charge in [-0.25, -0.2) is 9.97 Å². The maximum atomic E-state index is 12.6. The molecule has 0 saturated carbocycles. The van der Waals surface area contributed by atoms with E-state index in [-0.39, 0.29) is 5.91 Å².